The van der Waals surface area contributed by atoms with E-state index in [1.54, 1.807) is 6.26 Å². The van der Waals surface area contributed by atoms with Crippen molar-refractivity contribution in [1.82, 2.24) is 0 Å². The molecule has 1 N–H and O–H groups in total. The average molecular weight is 245 g/mol. The summed E-state index contributed by atoms with van der Waals surface area (Å²) >= 11 is 0. The molecule has 2 aromatic rings. The van der Waals surface area contributed by atoms with Crippen LogP contribution in [0, 0.1) is 0 Å². The topological polar surface area (TPSA) is 34.4 Å². The van der Waals surface area contributed by atoms with Crippen LogP contribution in [-0.2, 0) is 0 Å². The molecule has 1 unspecified atom stereocenters. The van der Waals surface area contributed by atoms with E-state index in [1.165, 1.54) is 0 Å². The fraction of sp³-hybridized carbons (Fsp3) is 0.333. The van der Waals surface area contributed by atoms with E-state index in [0.29, 0.717) is 6.61 Å². The zero-order chi connectivity index (χ0) is 12.8. The first-order chi connectivity index (χ1) is 8.83. The summed E-state index contributed by atoms with van der Waals surface area (Å²) in [6, 6.07) is 12.1. The molecule has 0 aliphatic rings. The molecule has 1 aromatic heterocycles. The van der Waals surface area contributed by atoms with Crippen LogP contribution in [0.3, 0.4) is 0 Å². The molecule has 1 heterocycles. The summed E-state index contributed by atoms with van der Waals surface area (Å²) in [6.45, 7) is 4.79. The van der Waals surface area contributed by atoms with Gasteiger partial charge in [-0.1, -0.05) is 13.0 Å². The SMILES string of the molecule is CCOc1cccc(NC(CC)c2ccco2)c1. The summed E-state index contributed by atoms with van der Waals surface area (Å²) in [6.07, 6.45) is 2.67. The molecule has 0 aliphatic carbocycles. The lowest BCUT2D eigenvalue weighted by atomic mass is 10.1. The normalized spacial score (nSPS) is 12.1. The highest BCUT2D eigenvalue weighted by molar-refractivity contribution is 5.49. The van der Waals surface area contributed by atoms with E-state index >= 15 is 0 Å². The van der Waals surface area contributed by atoms with Crippen LogP contribution < -0.4 is 10.1 Å². The fourth-order valence-electron chi connectivity index (χ4n) is 1.91. The Labute approximate surface area is 108 Å². The van der Waals surface area contributed by atoms with E-state index in [1.807, 2.05) is 43.3 Å². The monoisotopic (exact) mass is 245 g/mol. The molecule has 1 atom stereocenters. The number of benzene rings is 1. The van der Waals surface area contributed by atoms with Gasteiger partial charge in [0.1, 0.15) is 11.5 Å². The lowest BCUT2D eigenvalue weighted by Gasteiger charge is -2.16. The smallest absolute Gasteiger partial charge is 0.125 e. The van der Waals surface area contributed by atoms with Crippen molar-refractivity contribution in [3.05, 3.63) is 48.4 Å². The van der Waals surface area contributed by atoms with E-state index in [0.717, 1.165) is 23.6 Å². The van der Waals surface area contributed by atoms with Crippen molar-refractivity contribution in [2.75, 3.05) is 11.9 Å². The molecule has 0 spiro atoms. The number of nitrogens with one attached hydrogen (secondary N) is 1. The highest BCUT2D eigenvalue weighted by Crippen LogP contribution is 2.25. The van der Waals surface area contributed by atoms with Crippen LogP contribution in [0.1, 0.15) is 32.1 Å². The van der Waals surface area contributed by atoms with Gasteiger partial charge < -0.3 is 14.5 Å². The summed E-state index contributed by atoms with van der Waals surface area (Å²) < 4.78 is 10.9. The largest absolute Gasteiger partial charge is 0.494 e. The van der Waals surface area contributed by atoms with Gasteiger partial charge in [0.2, 0.25) is 0 Å². The standard InChI is InChI=1S/C15H19NO2/c1-3-14(15-9-6-10-18-15)16-12-7-5-8-13(11-12)17-4-2/h5-11,14,16H,3-4H2,1-2H3. The van der Waals surface area contributed by atoms with Crippen LogP contribution >= 0.6 is 0 Å². The van der Waals surface area contributed by atoms with Crippen molar-refractivity contribution in [1.29, 1.82) is 0 Å². The van der Waals surface area contributed by atoms with Crippen LogP contribution in [0.5, 0.6) is 5.75 Å². The Morgan fingerprint density at radius 1 is 1.22 bits per heavy atom. The predicted molar refractivity (Wildman–Crippen MR) is 73.0 cm³/mol. The first-order valence-electron chi connectivity index (χ1n) is 6.36. The van der Waals surface area contributed by atoms with Crippen LogP contribution in [-0.4, -0.2) is 6.61 Å². The minimum atomic E-state index is 0.192. The molecule has 3 heteroatoms. The minimum Gasteiger partial charge on any atom is -0.494 e. The number of ether oxygens (including phenoxy) is 1. The molecule has 2 rings (SSSR count). The third-order valence-corrected chi connectivity index (χ3v) is 2.78. The van der Waals surface area contributed by atoms with E-state index in [2.05, 4.69) is 12.2 Å². The van der Waals surface area contributed by atoms with Gasteiger partial charge in [0, 0.05) is 11.8 Å². The molecule has 96 valence electrons. The van der Waals surface area contributed by atoms with E-state index in [9.17, 15) is 0 Å². The maximum Gasteiger partial charge on any atom is 0.125 e. The fourth-order valence-corrected chi connectivity index (χ4v) is 1.91. The lowest BCUT2D eigenvalue weighted by molar-refractivity contribution is 0.340. The van der Waals surface area contributed by atoms with Crippen LogP contribution in [0.4, 0.5) is 5.69 Å². The van der Waals surface area contributed by atoms with Gasteiger partial charge >= 0.3 is 0 Å². The first kappa shape index (κ1) is 12.6. The molecule has 0 radical (unpaired) electrons. The van der Waals surface area contributed by atoms with Gasteiger partial charge in [-0.2, -0.15) is 0 Å². The Morgan fingerprint density at radius 3 is 2.78 bits per heavy atom. The Morgan fingerprint density at radius 2 is 2.11 bits per heavy atom. The lowest BCUT2D eigenvalue weighted by Crippen LogP contribution is -2.08. The predicted octanol–water partition coefficient (Wildman–Crippen LogP) is 4.24. The molecule has 0 bridgehead atoms. The highest BCUT2D eigenvalue weighted by Gasteiger charge is 2.11. The van der Waals surface area contributed by atoms with Crippen molar-refractivity contribution in [2.24, 2.45) is 0 Å². The van der Waals surface area contributed by atoms with Crippen LogP contribution in [0.2, 0.25) is 0 Å². The minimum absolute atomic E-state index is 0.192. The van der Waals surface area contributed by atoms with Gasteiger partial charge in [-0.25, -0.2) is 0 Å². The third-order valence-electron chi connectivity index (χ3n) is 2.78. The maximum atomic E-state index is 5.49. The van der Waals surface area contributed by atoms with Gasteiger partial charge in [-0.3, -0.25) is 0 Å². The highest BCUT2D eigenvalue weighted by atomic mass is 16.5. The van der Waals surface area contributed by atoms with E-state index < -0.39 is 0 Å². The molecule has 1 aromatic carbocycles. The number of hydrogen-bond acceptors (Lipinski definition) is 3. The van der Waals surface area contributed by atoms with E-state index in [-0.39, 0.29) is 6.04 Å². The zero-order valence-corrected chi connectivity index (χ0v) is 10.8. The van der Waals surface area contributed by atoms with Gasteiger partial charge in [0.15, 0.2) is 0 Å². The third kappa shape index (κ3) is 3.06. The van der Waals surface area contributed by atoms with Crippen LogP contribution in [0.15, 0.2) is 47.1 Å². The second kappa shape index (κ2) is 6.15. The molecule has 18 heavy (non-hydrogen) atoms. The van der Waals surface area contributed by atoms with Crippen molar-refractivity contribution in [3.8, 4) is 5.75 Å². The van der Waals surface area contributed by atoms with Crippen molar-refractivity contribution in [2.45, 2.75) is 26.3 Å². The molecule has 0 amide bonds. The van der Waals surface area contributed by atoms with Crippen molar-refractivity contribution < 1.29 is 9.15 Å². The zero-order valence-electron chi connectivity index (χ0n) is 10.8. The molecular formula is C15H19NO2. The van der Waals surface area contributed by atoms with Gasteiger partial charge in [-0.15, -0.1) is 0 Å². The summed E-state index contributed by atoms with van der Waals surface area (Å²) in [4.78, 5) is 0. The Hall–Kier alpha value is -1.90. The summed E-state index contributed by atoms with van der Waals surface area (Å²) in [5.74, 6) is 1.84. The van der Waals surface area contributed by atoms with Gasteiger partial charge in [0.05, 0.1) is 18.9 Å². The first-order valence-corrected chi connectivity index (χ1v) is 6.36. The molecule has 0 aliphatic heterocycles. The Kier molecular flexibility index (Phi) is 4.29. The number of furan rings is 1. The van der Waals surface area contributed by atoms with Gasteiger partial charge in [-0.05, 0) is 37.6 Å². The quantitative estimate of drug-likeness (QED) is 0.826. The maximum absolute atomic E-state index is 5.49. The molecule has 0 saturated heterocycles. The second-order valence-corrected chi connectivity index (χ2v) is 4.08. The summed E-state index contributed by atoms with van der Waals surface area (Å²) in [5, 5.41) is 3.46. The average Bonchev–Trinajstić information content (AvgIpc) is 2.90. The van der Waals surface area contributed by atoms with Crippen molar-refractivity contribution in [3.63, 3.8) is 0 Å². The second-order valence-electron chi connectivity index (χ2n) is 4.08. The molecule has 0 fully saturated rings. The molecular weight excluding hydrogens is 226 g/mol. The Bertz CT molecular complexity index is 465. The molecule has 3 nitrogen and oxygen atoms in total. The summed E-state index contributed by atoms with van der Waals surface area (Å²) in [5.41, 5.74) is 1.05. The van der Waals surface area contributed by atoms with Crippen molar-refractivity contribution >= 4 is 5.69 Å². The number of hydrogen-bond donors (Lipinski definition) is 1. The van der Waals surface area contributed by atoms with Gasteiger partial charge in [0.25, 0.3) is 0 Å². The number of rotatable bonds is 6. The number of anilines is 1. The van der Waals surface area contributed by atoms with Crippen LogP contribution in [0.25, 0.3) is 0 Å². The Balaban J connectivity index is 2.09. The van der Waals surface area contributed by atoms with E-state index in [4.69, 9.17) is 9.15 Å². The summed E-state index contributed by atoms with van der Waals surface area (Å²) in [7, 11) is 0. The molecule has 0 saturated carbocycles.